The third-order valence-electron chi connectivity index (χ3n) is 4.38. The first kappa shape index (κ1) is 14.1. The summed E-state index contributed by atoms with van der Waals surface area (Å²) in [6.45, 7) is 0.519. The zero-order valence-corrected chi connectivity index (χ0v) is 12.4. The maximum Gasteiger partial charge on any atom is 0.220 e. The average Bonchev–Trinajstić information content (AvgIpc) is 2.95. The van der Waals surface area contributed by atoms with Gasteiger partial charge in [-0.2, -0.15) is 0 Å². The molecule has 21 heavy (non-hydrogen) atoms. The standard InChI is InChI=1S/C17H23N3O/c21-17(10-9-14-6-2-1-3-7-14)18-12-15-13-20-11-5-4-8-16(20)19-15/h4-5,8,11,13-14H,1-3,6-7,9-10,12H2,(H,18,21). The van der Waals surface area contributed by atoms with Crippen molar-refractivity contribution >= 4 is 11.6 Å². The Hall–Kier alpha value is -1.84. The molecule has 1 aliphatic carbocycles. The first-order chi connectivity index (χ1) is 10.3. The summed E-state index contributed by atoms with van der Waals surface area (Å²) in [6, 6.07) is 5.91. The summed E-state index contributed by atoms with van der Waals surface area (Å²) in [5, 5.41) is 2.98. The highest BCUT2D eigenvalue weighted by molar-refractivity contribution is 5.75. The second kappa shape index (κ2) is 6.74. The largest absolute Gasteiger partial charge is 0.350 e. The number of carbonyl (C=O) groups is 1. The van der Waals surface area contributed by atoms with Crippen molar-refractivity contribution in [3.63, 3.8) is 0 Å². The van der Waals surface area contributed by atoms with Gasteiger partial charge >= 0.3 is 0 Å². The summed E-state index contributed by atoms with van der Waals surface area (Å²) in [5.74, 6) is 0.914. The van der Waals surface area contributed by atoms with Crippen molar-refractivity contribution in [2.24, 2.45) is 5.92 Å². The van der Waals surface area contributed by atoms with Gasteiger partial charge in [0.25, 0.3) is 0 Å². The number of nitrogens with one attached hydrogen (secondary N) is 1. The lowest BCUT2D eigenvalue weighted by Gasteiger charge is -2.20. The fraction of sp³-hybridized carbons (Fsp3) is 0.529. The number of pyridine rings is 1. The quantitative estimate of drug-likeness (QED) is 0.916. The molecular formula is C17H23N3O. The molecule has 0 saturated heterocycles. The number of hydrogen-bond acceptors (Lipinski definition) is 2. The average molecular weight is 285 g/mol. The third-order valence-corrected chi connectivity index (χ3v) is 4.38. The molecular weight excluding hydrogens is 262 g/mol. The molecule has 2 aromatic rings. The van der Waals surface area contributed by atoms with E-state index in [4.69, 9.17) is 0 Å². The second-order valence-electron chi connectivity index (χ2n) is 6.02. The van der Waals surface area contributed by atoms with E-state index in [1.54, 1.807) is 0 Å². The van der Waals surface area contributed by atoms with Gasteiger partial charge in [0.2, 0.25) is 5.91 Å². The zero-order chi connectivity index (χ0) is 14.5. The van der Waals surface area contributed by atoms with Crippen molar-refractivity contribution in [3.8, 4) is 0 Å². The lowest BCUT2D eigenvalue weighted by Crippen LogP contribution is -2.23. The molecule has 1 N–H and O–H groups in total. The van der Waals surface area contributed by atoms with E-state index in [1.165, 1.54) is 32.1 Å². The minimum Gasteiger partial charge on any atom is -0.350 e. The van der Waals surface area contributed by atoms with E-state index in [1.807, 2.05) is 35.0 Å². The Kier molecular flexibility index (Phi) is 4.53. The van der Waals surface area contributed by atoms with Crippen LogP contribution in [0.4, 0.5) is 0 Å². The number of amides is 1. The Morgan fingerprint density at radius 1 is 1.29 bits per heavy atom. The van der Waals surface area contributed by atoms with Crippen molar-refractivity contribution in [1.82, 2.24) is 14.7 Å². The van der Waals surface area contributed by atoms with Gasteiger partial charge in [-0.1, -0.05) is 38.2 Å². The molecule has 0 aromatic carbocycles. The van der Waals surface area contributed by atoms with Crippen LogP contribution < -0.4 is 5.32 Å². The van der Waals surface area contributed by atoms with Crippen LogP contribution in [0.2, 0.25) is 0 Å². The summed E-state index contributed by atoms with van der Waals surface area (Å²) in [6.07, 6.45) is 12.3. The molecule has 4 heteroatoms. The van der Waals surface area contributed by atoms with Crippen LogP contribution in [0.15, 0.2) is 30.6 Å². The maximum absolute atomic E-state index is 11.9. The molecule has 0 atom stereocenters. The highest BCUT2D eigenvalue weighted by Crippen LogP contribution is 2.27. The zero-order valence-electron chi connectivity index (χ0n) is 12.4. The molecule has 2 aromatic heterocycles. The summed E-state index contributed by atoms with van der Waals surface area (Å²) in [4.78, 5) is 16.4. The molecule has 0 spiro atoms. The molecule has 1 fully saturated rings. The third kappa shape index (κ3) is 3.84. The number of hydrogen-bond donors (Lipinski definition) is 1. The minimum absolute atomic E-state index is 0.151. The number of carbonyl (C=O) groups excluding carboxylic acids is 1. The van der Waals surface area contributed by atoms with Gasteiger partial charge in [-0.05, 0) is 24.5 Å². The molecule has 1 amide bonds. The molecule has 0 aliphatic heterocycles. The Bertz CT molecular complexity index is 566. The predicted octanol–water partition coefficient (Wildman–Crippen LogP) is 3.31. The highest BCUT2D eigenvalue weighted by Gasteiger charge is 2.14. The van der Waals surface area contributed by atoms with Crippen LogP contribution in [0, 0.1) is 5.92 Å². The van der Waals surface area contributed by atoms with Crippen LogP contribution in [0.1, 0.15) is 50.6 Å². The van der Waals surface area contributed by atoms with Gasteiger partial charge in [-0.3, -0.25) is 4.79 Å². The van der Waals surface area contributed by atoms with E-state index in [2.05, 4.69) is 10.3 Å². The minimum atomic E-state index is 0.151. The van der Waals surface area contributed by atoms with Crippen LogP contribution in [0.3, 0.4) is 0 Å². The summed E-state index contributed by atoms with van der Waals surface area (Å²) >= 11 is 0. The van der Waals surface area contributed by atoms with Crippen LogP contribution in [0.25, 0.3) is 5.65 Å². The van der Waals surface area contributed by atoms with Crippen LogP contribution in [0.5, 0.6) is 0 Å². The van der Waals surface area contributed by atoms with Crippen LogP contribution >= 0.6 is 0 Å². The second-order valence-corrected chi connectivity index (χ2v) is 6.02. The lowest BCUT2D eigenvalue weighted by molar-refractivity contribution is -0.121. The highest BCUT2D eigenvalue weighted by atomic mass is 16.1. The smallest absolute Gasteiger partial charge is 0.220 e. The van der Waals surface area contributed by atoms with E-state index >= 15 is 0 Å². The molecule has 0 bridgehead atoms. The number of imidazole rings is 1. The molecule has 3 rings (SSSR count). The number of nitrogens with zero attached hydrogens (tertiary/aromatic N) is 2. The summed E-state index contributed by atoms with van der Waals surface area (Å²) in [5.41, 5.74) is 1.83. The van der Waals surface area contributed by atoms with Gasteiger partial charge in [-0.25, -0.2) is 4.98 Å². The van der Waals surface area contributed by atoms with Gasteiger partial charge in [0.1, 0.15) is 5.65 Å². The Morgan fingerprint density at radius 2 is 2.14 bits per heavy atom. The molecule has 0 unspecified atom stereocenters. The molecule has 4 nitrogen and oxygen atoms in total. The van der Waals surface area contributed by atoms with Crippen molar-refractivity contribution in [1.29, 1.82) is 0 Å². The first-order valence-corrected chi connectivity index (χ1v) is 8.00. The van der Waals surface area contributed by atoms with Crippen LogP contribution in [-0.2, 0) is 11.3 Å². The number of fused-ring (bicyclic) bond motifs is 1. The van der Waals surface area contributed by atoms with Crippen molar-refractivity contribution in [2.45, 2.75) is 51.5 Å². The normalized spacial score (nSPS) is 16.2. The molecule has 1 saturated carbocycles. The Labute approximate surface area is 125 Å². The Morgan fingerprint density at radius 3 is 2.95 bits per heavy atom. The SMILES string of the molecule is O=C(CCC1CCCCC1)NCc1cn2ccccc2n1. The molecule has 1 aliphatic rings. The van der Waals surface area contributed by atoms with E-state index in [9.17, 15) is 4.79 Å². The lowest BCUT2D eigenvalue weighted by atomic mass is 9.86. The van der Waals surface area contributed by atoms with Crippen molar-refractivity contribution < 1.29 is 4.79 Å². The molecule has 0 radical (unpaired) electrons. The van der Waals surface area contributed by atoms with Crippen molar-refractivity contribution in [2.75, 3.05) is 0 Å². The van der Waals surface area contributed by atoms with Gasteiger partial charge in [0.05, 0.1) is 12.2 Å². The van der Waals surface area contributed by atoms with Gasteiger partial charge in [-0.15, -0.1) is 0 Å². The Balaban J connectivity index is 1.44. The van der Waals surface area contributed by atoms with Crippen molar-refractivity contribution in [3.05, 3.63) is 36.3 Å². The van der Waals surface area contributed by atoms with E-state index in [0.29, 0.717) is 13.0 Å². The van der Waals surface area contributed by atoms with Gasteiger partial charge in [0, 0.05) is 18.8 Å². The maximum atomic E-state index is 11.9. The number of rotatable bonds is 5. The summed E-state index contributed by atoms with van der Waals surface area (Å²) in [7, 11) is 0. The molecule has 2 heterocycles. The van der Waals surface area contributed by atoms with Gasteiger partial charge < -0.3 is 9.72 Å². The first-order valence-electron chi connectivity index (χ1n) is 8.00. The van der Waals surface area contributed by atoms with E-state index < -0.39 is 0 Å². The van der Waals surface area contributed by atoms with Gasteiger partial charge in [0.15, 0.2) is 0 Å². The fourth-order valence-corrected chi connectivity index (χ4v) is 3.16. The molecule has 112 valence electrons. The number of aromatic nitrogens is 2. The summed E-state index contributed by atoms with van der Waals surface area (Å²) < 4.78 is 1.98. The fourth-order valence-electron chi connectivity index (χ4n) is 3.16. The topological polar surface area (TPSA) is 46.4 Å². The predicted molar refractivity (Wildman–Crippen MR) is 82.8 cm³/mol. The van der Waals surface area contributed by atoms with Crippen LogP contribution in [-0.4, -0.2) is 15.3 Å². The monoisotopic (exact) mass is 285 g/mol. The van der Waals surface area contributed by atoms with E-state index in [0.717, 1.165) is 23.7 Å². The van der Waals surface area contributed by atoms with E-state index in [-0.39, 0.29) is 5.91 Å².